The average Bonchev–Trinajstić information content (AvgIpc) is 2.61. The Morgan fingerprint density at radius 2 is 2.33 bits per heavy atom. The number of aromatic nitrogens is 3. The van der Waals surface area contributed by atoms with Crippen molar-refractivity contribution in [2.24, 2.45) is 5.73 Å². The largest absolute Gasteiger partial charge is 0.384 e. The first-order valence-electron chi connectivity index (χ1n) is 3.92. The van der Waals surface area contributed by atoms with Crippen molar-refractivity contribution in [2.45, 2.75) is 0 Å². The maximum absolute atomic E-state index is 8.62. The lowest BCUT2D eigenvalue weighted by Gasteiger charge is -2.00. The van der Waals surface area contributed by atoms with Crippen molar-refractivity contribution in [3.8, 4) is 0 Å². The summed E-state index contributed by atoms with van der Waals surface area (Å²) in [5.41, 5.74) is 7.96. The monoisotopic (exact) mass is 226 g/mol. The molecule has 0 aliphatic heterocycles. The van der Waals surface area contributed by atoms with Gasteiger partial charge in [0.2, 0.25) is 5.95 Å². The van der Waals surface area contributed by atoms with E-state index < -0.39 is 0 Å². The molecule has 0 atom stereocenters. The van der Waals surface area contributed by atoms with Crippen LogP contribution in [-0.2, 0) is 0 Å². The van der Waals surface area contributed by atoms with Gasteiger partial charge in [0.25, 0.3) is 0 Å². The maximum atomic E-state index is 8.62. The number of halogens is 1. The van der Waals surface area contributed by atoms with Gasteiger partial charge in [-0.3, -0.25) is 10.6 Å². The van der Waals surface area contributed by atoms with Gasteiger partial charge in [-0.25, -0.2) is 5.48 Å². The predicted molar refractivity (Wildman–Crippen MR) is 55.3 cm³/mol. The van der Waals surface area contributed by atoms with Crippen molar-refractivity contribution in [2.75, 3.05) is 5.48 Å². The van der Waals surface area contributed by atoms with Gasteiger partial charge in [-0.1, -0.05) is 11.6 Å². The quantitative estimate of drug-likeness (QED) is 0.223. The molecule has 0 aliphatic rings. The predicted octanol–water partition coefficient (Wildman–Crippen LogP) is 0.696. The Balaban J connectivity index is 2.77. The molecule has 2 rings (SSSR count). The second-order valence-electron chi connectivity index (χ2n) is 2.79. The van der Waals surface area contributed by atoms with Crippen LogP contribution in [0, 0.1) is 5.41 Å². The van der Waals surface area contributed by atoms with E-state index in [-0.39, 0.29) is 16.9 Å². The zero-order valence-electron chi connectivity index (χ0n) is 7.37. The van der Waals surface area contributed by atoms with Crippen LogP contribution in [0.15, 0.2) is 6.20 Å². The zero-order valence-corrected chi connectivity index (χ0v) is 8.13. The highest BCUT2D eigenvalue weighted by molar-refractivity contribution is 6.35. The minimum absolute atomic E-state index is 0.0237. The van der Waals surface area contributed by atoms with Crippen molar-refractivity contribution in [1.29, 1.82) is 5.41 Å². The Morgan fingerprint density at radius 3 is 2.93 bits per heavy atom. The third-order valence-corrected chi connectivity index (χ3v) is 2.15. The first-order valence-corrected chi connectivity index (χ1v) is 4.30. The van der Waals surface area contributed by atoms with Gasteiger partial charge in [-0.15, -0.1) is 0 Å². The normalized spacial score (nSPS) is 10.5. The molecule has 2 aromatic rings. The molecule has 0 fully saturated rings. The van der Waals surface area contributed by atoms with Gasteiger partial charge in [0.1, 0.15) is 16.6 Å². The number of hydrogen-bond acceptors (Lipinski definition) is 5. The van der Waals surface area contributed by atoms with E-state index in [1.807, 2.05) is 0 Å². The maximum Gasteiger partial charge on any atom is 0.250 e. The molecule has 2 aromatic heterocycles. The molecular formula is C7H7ClN6O. The molecule has 2 heterocycles. The second kappa shape index (κ2) is 3.37. The number of nitrogens with zero attached hydrogens (tertiary/aromatic N) is 2. The fourth-order valence-electron chi connectivity index (χ4n) is 1.25. The van der Waals surface area contributed by atoms with Crippen LogP contribution in [0.3, 0.4) is 0 Å². The molecule has 0 aromatic carbocycles. The van der Waals surface area contributed by atoms with E-state index in [4.69, 9.17) is 28.0 Å². The molecular weight excluding hydrogens is 220 g/mol. The lowest BCUT2D eigenvalue weighted by atomic mass is 10.2. The number of rotatable bonds is 2. The average molecular weight is 227 g/mol. The Morgan fingerprint density at radius 1 is 1.60 bits per heavy atom. The first-order chi connectivity index (χ1) is 7.13. The van der Waals surface area contributed by atoms with Crippen LogP contribution in [0.4, 0.5) is 5.95 Å². The molecule has 15 heavy (non-hydrogen) atoms. The SMILES string of the molecule is N=C(N)c1c[nH]c2nc(NO)nc(Cl)c12. The van der Waals surface area contributed by atoms with Crippen LogP contribution in [0.1, 0.15) is 5.56 Å². The van der Waals surface area contributed by atoms with Gasteiger partial charge >= 0.3 is 0 Å². The number of aromatic amines is 1. The number of H-pyrrole nitrogens is 1. The summed E-state index contributed by atoms with van der Waals surface area (Å²) in [6.45, 7) is 0. The van der Waals surface area contributed by atoms with Crippen molar-refractivity contribution >= 4 is 34.4 Å². The topological polar surface area (TPSA) is 124 Å². The zero-order chi connectivity index (χ0) is 11.0. The van der Waals surface area contributed by atoms with E-state index >= 15 is 0 Å². The summed E-state index contributed by atoms with van der Waals surface area (Å²) >= 11 is 5.86. The Hall–Kier alpha value is -1.86. The lowest BCUT2D eigenvalue weighted by molar-refractivity contribution is 0.383. The van der Waals surface area contributed by atoms with Crippen molar-refractivity contribution in [3.05, 3.63) is 16.9 Å². The van der Waals surface area contributed by atoms with Gasteiger partial charge in [-0.2, -0.15) is 9.97 Å². The van der Waals surface area contributed by atoms with Gasteiger partial charge in [0.05, 0.1) is 5.39 Å². The summed E-state index contributed by atoms with van der Waals surface area (Å²) in [5, 5.41) is 16.5. The number of nitrogens with one attached hydrogen (secondary N) is 3. The summed E-state index contributed by atoms with van der Waals surface area (Å²) in [6, 6.07) is 0. The van der Waals surface area contributed by atoms with Gasteiger partial charge in [0, 0.05) is 11.8 Å². The summed E-state index contributed by atoms with van der Waals surface area (Å²) in [5.74, 6) is -0.152. The molecule has 78 valence electrons. The van der Waals surface area contributed by atoms with E-state index in [0.717, 1.165) is 0 Å². The number of fused-ring (bicyclic) bond motifs is 1. The van der Waals surface area contributed by atoms with Gasteiger partial charge in [0.15, 0.2) is 0 Å². The molecule has 0 aliphatic carbocycles. The lowest BCUT2D eigenvalue weighted by Crippen LogP contribution is -2.10. The molecule has 6 N–H and O–H groups in total. The highest BCUT2D eigenvalue weighted by Crippen LogP contribution is 2.24. The van der Waals surface area contributed by atoms with E-state index in [9.17, 15) is 0 Å². The molecule has 8 heteroatoms. The molecule has 0 unspecified atom stereocenters. The number of hydrogen-bond donors (Lipinski definition) is 5. The Kier molecular flexibility index (Phi) is 2.18. The van der Waals surface area contributed by atoms with E-state index in [0.29, 0.717) is 16.6 Å². The van der Waals surface area contributed by atoms with Crippen LogP contribution < -0.4 is 11.2 Å². The van der Waals surface area contributed by atoms with Crippen LogP contribution >= 0.6 is 11.6 Å². The van der Waals surface area contributed by atoms with Crippen LogP contribution in [0.2, 0.25) is 5.15 Å². The first kappa shape index (κ1) is 9.69. The summed E-state index contributed by atoms with van der Waals surface area (Å²) < 4.78 is 0. The van der Waals surface area contributed by atoms with Crippen LogP contribution in [0.5, 0.6) is 0 Å². The molecule has 0 saturated heterocycles. The van der Waals surface area contributed by atoms with E-state index in [1.165, 1.54) is 6.20 Å². The van der Waals surface area contributed by atoms with Crippen molar-refractivity contribution in [1.82, 2.24) is 15.0 Å². The van der Waals surface area contributed by atoms with Gasteiger partial charge < -0.3 is 10.7 Å². The minimum atomic E-state index is -0.128. The third-order valence-electron chi connectivity index (χ3n) is 1.88. The van der Waals surface area contributed by atoms with Crippen molar-refractivity contribution < 1.29 is 5.21 Å². The van der Waals surface area contributed by atoms with E-state index in [2.05, 4.69) is 15.0 Å². The van der Waals surface area contributed by atoms with Crippen LogP contribution in [-0.4, -0.2) is 26.0 Å². The number of amidine groups is 1. The summed E-state index contributed by atoms with van der Waals surface area (Å²) in [4.78, 5) is 10.4. The van der Waals surface area contributed by atoms with Crippen molar-refractivity contribution in [3.63, 3.8) is 0 Å². The second-order valence-corrected chi connectivity index (χ2v) is 3.15. The summed E-state index contributed by atoms with van der Waals surface area (Å²) in [7, 11) is 0. The fourth-order valence-corrected chi connectivity index (χ4v) is 1.52. The minimum Gasteiger partial charge on any atom is -0.384 e. The molecule has 0 bridgehead atoms. The Labute approximate surface area is 88.8 Å². The van der Waals surface area contributed by atoms with Gasteiger partial charge in [-0.05, 0) is 0 Å². The number of nitrogens with two attached hydrogens (primary N) is 1. The standard InChI is InChI=1S/C7H7ClN6O/c8-4-3-2(5(9)10)1-11-6(3)13-7(12-4)14-15/h1,15H,(H3,9,10)(H2,11,12,13,14). The molecule has 0 saturated carbocycles. The molecule has 7 nitrogen and oxygen atoms in total. The molecule has 0 radical (unpaired) electrons. The third kappa shape index (κ3) is 1.47. The summed E-state index contributed by atoms with van der Waals surface area (Å²) in [6.07, 6.45) is 1.51. The fraction of sp³-hybridized carbons (Fsp3) is 0. The number of nitrogen functional groups attached to an aromatic ring is 1. The highest BCUT2D eigenvalue weighted by Gasteiger charge is 2.13. The smallest absolute Gasteiger partial charge is 0.250 e. The number of anilines is 1. The molecule has 0 amide bonds. The highest BCUT2D eigenvalue weighted by atomic mass is 35.5. The van der Waals surface area contributed by atoms with E-state index in [1.54, 1.807) is 5.48 Å². The molecule has 0 spiro atoms. The Bertz CT molecular complexity index is 536. The van der Waals surface area contributed by atoms with Crippen LogP contribution in [0.25, 0.3) is 11.0 Å².